The van der Waals surface area contributed by atoms with Crippen LogP contribution in [0.4, 0.5) is 4.79 Å². The van der Waals surface area contributed by atoms with Gasteiger partial charge in [0.2, 0.25) is 0 Å². The predicted octanol–water partition coefficient (Wildman–Crippen LogP) is 2.91. The van der Waals surface area contributed by atoms with E-state index < -0.39 is 11.9 Å². The molecule has 2 atom stereocenters. The molecule has 0 spiro atoms. The second-order valence-corrected chi connectivity index (χ2v) is 7.19. The number of carboxylic acids is 1. The Morgan fingerprint density at radius 1 is 1.21 bits per heavy atom. The Bertz CT molecular complexity index is 795. The third-order valence-corrected chi connectivity index (χ3v) is 4.78. The van der Waals surface area contributed by atoms with Gasteiger partial charge in [0.25, 0.3) is 0 Å². The zero-order valence-electron chi connectivity index (χ0n) is 15.9. The fraction of sp³-hybridized carbons (Fsp3) is 0.381. The van der Waals surface area contributed by atoms with Crippen molar-refractivity contribution < 1.29 is 19.4 Å². The molecule has 2 amide bonds. The number of carbonyl (C=O) groups is 2. The molecule has 1 aliphatic rings. The third kappa shape index (κ3) is 5.45. The van der Waals surface area contributed by atoms with Crippen LogP contribution in [-0.2, 0) is 17.9 Å². The van der Waals surface area contributed by atoms with Gasteiger partial charge in [0.15, 0.2) is 0 Å². The molecule has 0 bridgehead atoms. The van der Waals surface area contributed by atoms with Gasteiger partial charge < -0.3 is 20.1 Å². The molecule has 3 rings (SSSR count). The van der Waals surface area contributed by atoms with E-state index >= 15 is 0 Å². The van der Waals surface area contributed by atoms with Gasteiger partial charge in [-0.3, -0.25) is 9.78 Å². The maximum absolute atomic E-state index is 12.4. The molecule has 148 valence electrons. The van der Waals surface area contributed by atoms with Gasteiger partial charge in [-0.1, -0.05) is 25.1 Å². The van der Waals surface area contributed by atoms with Crippen molar-refractivity contribution >= 4 is 12.0 Å². The van der Waals surface area contributed by atoms with Gasteiger partial charge in [-0.05, 0) is 42.2 Å². The molecule has 2 unspecified atom stereocenters. The number of pyridine rings is 1. The molecule has 1 aliphatic heterocycles. The fourth-order valence-electron chi connectivity index (χ4n) is 3.33. The van der Waals surface area contributed by atoms with Crippen LogP contribution in [0.25, 0.3) is 0 Å². The predicted molar refractivity (Wildman–Crippen MR) is 104 cm³/mol. The summed E-state index contributed by atoms with van der Waals surface area (Å²) in [5.41, 5.74) is 1.80. The number of likely N-dealkylation sites (tertiary alicyclic amines) is 1. The average Bonchev–Trinajstić information content (AvgIpc) is 2.71. The van der Waals surface area contributed by atoms with Crippen LogP contribution in [0.1, 0.15) is 24.6 Å². The number of nitrogens with one attached hydrogen (secondary N) is 1. The summed E-state index contributed by atoms with van der Waals surface area (Å²) in [5.74, 6) is -0.429. The number of benzene rings is 1. The van der Waals surface area contributed by atoms with Crippen LogP contribution in [0.15, 0.2) is 48.7 Å². The molecule has 1 saturated heterocycles. The summed E-state index contributed by atoms with van der Waals surface area (Å²) in [7, 11) is 0. The molecule has 28 heavy (non-hydrogen) atoms. The van der Waals surface area contributed by atoms with Crippen LogP contribution in [0.3, 0.4) is 0 Å². The first-order valence-electron chi connectivity index (χ1n) is 9.38. The van der Waals surface area contributed by atoms with Gasteiger partial charge in [0.05, 0.1) is 11.6 Å². The van der Waals surface area contributed by atoms with E-state index in [2.05, 4.69) is 10.3 Å². The lowest BCUT2D eigenvalue weighted by molar-refractivity contribution is -0.143. The Kier molecular flexibility index (Phi) is 6.47. The number of aromatic nitrogens is 1. The minimum atomic E-state index is -0.842. The first kappa shape index (κ1) is 19.7. The van der Waals surface area contributed by atoms with Crippen molar-refractivity contribution in [2.75, 3.05) is 13.1 Å². The minimum Gasteiger partial charge on any atom is -0.487 e. The molecule has 2 aromatic rings. The fourth-order valence-corrected chi connectivity index (χ4v) is 3.33. The zero-order valence-corrected chi connectivity index (χ0v) is 15.9. The van der Waals surface area contributed by atoms with Gasteiger partial charge in [-0.2, -0.15) is 0 Å². The number of aliphatic carboxylic acids is 1. The lowest BCUT2D eigenvalue weighted by atomic mass is 9.91. The number of nitrogens with zero attached hydrogens (tertiary/aromatic N) is 2. The van der Waals surface area contributed by atoms with Crippen LogP contribution in [0.5, 0.6) is 5.75 Å². The highest BCUT2D eigenvalue weighted by Crippen LogP contribution is 2.22. The van der Waals surface area contributed by atoms with Gasteiger partial charge in [0, 0.05) is 25.8 Å². The van der Waals surface area contributed by atoms with Crippen LogP contribution in [-0.4, -0.2) is 40.1 Å². The first-order chi connectivity index (χ1) is 13.5. The minimum absolute atomic E-state index is 0.177. The number of carboxylic acid groups (broad SMARTS) is 1. The lowest BCUT2D eigenvalue weighted by Crippen LogP contribution is -2.49. The van der Waals surface area contributed by atoms with Crippen LogP contribution < -0.4 is 10.1 Å². The van der Waals surface area contributed by atoms with Crippen molar-refractivity contribution in [3.8, 4) is 5.75 Å². The van der Waals surface area contributed by atoms with E-state index in [0.29, 0.717) is 26.1 Å². The molecule has 1 aromatic heterocycles. The summed E-state index contributed by atoms with van der Waals surface area (Å²) in [6, 6.07) is 13.0. The van der Waals surface area contributed by atoms with Crippen molar-refractivity contribution in [2.45, 2.75) is 26.5 Å². The summed E-state index contributed by atoms with van der Waals surface area (Å²) in [6.07, 6.45) is 2.34. The maximum atomic E-state index is 12.4. The number of carbonyl (C=O) groups excluding carboxylic acids is 1. The van der Waals surface area contributed by atoms with Crippen molar-refractivity contribution in [3.63, 3.8) is 0 Å². The molecule has 1 fully saturated rings. The zero-order chi connectivity index (χ0) is 19.9. The van der Waals surface area contributed by atoms with Crippen molar-refractivity contribution in [1.29, 1.82) is 0 Å². The second-order valence-electron chi connectivity index (χ2n) is 7.19. The largest absolute Gasteiger partial charge is 0.487 e. The van der Waals surface area contributed by atoms with Crippen LogP contribution in [0.2, 0.25) is 0 Å². The summed E-state index contributed by atoms with van der Waals surface area (Å²) in [4.78, 5) is 29.5. The quantitative estimate of drug-likeness (QED) is 0.800. The number of rotatable bonds is 6. The number of hydrogen-bond acceptors (Lipinski definition) is 4. The Morgan fingerprint density at radius 3 is 2.68 bits per heavy atom. The topological polar surface area (TPSA) is 91.8 Å². The van der Waals surface area contributed by atoms with Crippen molar-refractivity contribution in [3.05, 3.63) is 59.9 Å². The van der Waals surface area contributed by atoms with Crippen LogP contribution >= 0.6 is 0 Å². The summed E-state index contributed by atoms with van der Waals surface area (Å²) in [5, 5.41) is 12.1. The number of ether oxygens (including phenoxy) is 1. The van der Waals surface area contributed by atoms with E-state index in [-0.39, 0.29) is 18.5 Å². The highest BCUT2D eigenvalue weighted by molar-refractivity contribution is 5.76. The Hall–Kier alpha value is -3.09. The third-order valence-electron chi connectivity index (χ3n) is 4.78. The summed E-state index contributed by atoms with van der Waals surface area (Å²) < 4.78 is 5.70. The molecule has 0 radical (unpaired) electrons. The van der Waals surface area contributed by atoms with Crippen molar-refractivity contribution in [1.82, 2.24) is 15.2 Å². The number of piperidine rings is 1. The first-order valence-corrected chi connectivity index (χ1v) is 9.38. The van der Waals surface area contributed by atoms with Crippen LogP contribution in [0, 0.1) is 11.8 Å². The Balaban J connectivity index is 1.47. The second kappa shape index (κ2) is 9.21. The van der Waals surface area contributed by atoms with E-state index in [1.165, 1.54) is 0 Å². The molecule has 1 aromatic carbocycles. The summed E-state index contributed by atoms with van der Waals surface area (Å²) >= 11 is 0. The smallest absolute Gasteiger partial charge is 0.317 e. The molecular formula is C21H25N3O4. The van der Waals surface area contributed by atoms with E-state index in [1.807, 2.05) is 49.4 Å². The van der Waals surface area contributed by atoms with Gasteiger partial charge in [-0.15, -0.1) is 0 Å². The number of hydrogen-bond donors (Lipinski definition) is 2. The molecule has 2 N–H and O–H groups in total. The van der Waals surface area contributed by atoms with Gasteiger partial charge >= 0.3 is 12.0 Å². The maximum Gasteiger partial charge on any atom is 0.317 e. The average molecular weight is 383 g/mol. The van der Waals surface area contributed by atoms with E-state index in [9.17, 15) is 14.7 Å². The number of urea groups is 1. The van der Waals surface area contributed by atoms with Gasteiger partial charge in [0.1, 0.15) is 12.4 Å². The van der Waals surface area contributed by atoms with Gasteiger partial charge in [-0.25, -0.2) is 4.79 Å². The summed E-state index contributed by atoms with van der Waals surface area (Å²) in [6.45, 7) is 3.58. The van der Waals surface area contributed by atoms with Crippen molar-refractivity contribution in [2.24, 2.45) is 11.8 Å². The highest BCUT2D eigenvalue weighted by atomic mass is 16.5. The molecule has 2 heterocycles. The molecule has 0 saturated carbocycles. The lowest BCUT2D eigenvalue weighted by Gasteiger charge is -2.34. The molecular weight excluding hydrogens is 358 g/mol. The molecule has 0 aliphatic carbocycles. The van der Waals surface area contributed by atoms with E-state index in [1.54, 1.807) is 11.1 Å². The molecule has 7 heteroatoms. The SMILES string of the molecule is CC1CC(C(=O)O)CN(C(=O)NCc2ccc(OCc3ccccn3)cc2)C1. The van der Waals surface area contributed by atoms with E-state index in [4.69, 9.17) is 4.74 Å². The number of amides is 2. The standard InChI is InChI=1S/C21H25N3O4/c1-15-10-17(20(25)26)13-24(12-15)21(27)23-11-16-5-7-19(8-6-16)28-14-18-4-2-3-9-22-18/h2-9,15,17H,10-14H2,1H3,(H,23,27)(H,25,26). The Morgan fingerprint density at radius 2 is 2.00 bits per heavy atom. The highest BCUT2D eigenvalue weighted by Gasteiger charge is 2.31. The molecule has 7 nitrogen and oxygen atoms in total. The Labute approximate surface area is 164 Å². The monoisotopic (exact) mass is 383 g/mol. The normalized spacial score (nSPS) is 19.1. The van der Waals surface area contributed by atoms with E-state index in [0.717, 1.165) is 17.0 Å².